The van der Waals surface area contributed by atoms with Crippen molar-refractivity contribution < 1.29 is 14.3 Å². The van der Waals surface area contributed by atoms with Crippen molar-refractivity contribution >= 4 is 33.5 Å². The first kappa shape index (κ1) is 20.6. The first-order valence-electron chi connectivity index (χ1n) is 8.36. The van der Waals surface area contributed by atoms with Gasteiger partial charge in [0.1, 0.15) is 11.5 Å². The average Bonchev–Trinajstić information content (AvgIpc) is 2.67. The van der Waals surface area contributed by atoms with Crippen molar-refractivity contribution in [2.24, 2.45) is 10.7 Å². The standard InChI is InChI=1S/C19H23BrN4O3/c1-26-15-7-8-17(27-2)16(12-15)24-19(21)23-10-4-9-22-18(25)13-5-3-6-14(20)11-13/h3,5-8,11-12H,4,9-10H2,1-2H3,(H,22,25)(H3,21,23,24). The molecule has 0 radical (unpaired) electrons. The van der Waals surface area contributed by atoms with Gasteiger partial charge in [-0.1, -0.05) is 22.0 Å². The Kier molecular flexibility index (Phi) is 7.94. The first-order valence-corrected chi connectivity index (χ1v) is 9.15. The van der Waals surface area contributed by atoms with Gasteiger partial charge in [-0.15, -0.1) is 0 Å². The van der Waals surface area contributed by atoms with E-state index >= 15 is 0 Å². The fourth-order valence-corrected chi connectivity index (χ4v) is 2.70. The highest BCUT2D eigenvalue weighted by molar-refractivity contribution is 9.10. The summed E-state index contributed by atoms with van der Waals surface area (Å²) in [7, 11) is 3.17. The van der Waals surface area contributed by atoms with E-state index in [1.165, 1.54) is 0 Å². The summed E-state index contributed by atoms with van der Waals surface area (Å²) in [5, 5.41) is 5.85. The van der Waals surface area contributed by atoms with Gasteiger partial charge in [0.15, 0.2) is 5.96 Å². The minimum atomic E-state index is -0.118. The Balaban J connectivity index is 1.80. The molecule has 0 saturated carbocycles. The molecule has 144 valence electrons. The van der Waals surface area contributed by atoms with Crippen LogP contribution in [-0.4, -0.2) is 39.2 Å². The summed E-state index contributed by atoms with van der Waals surface area (Å²) >= 11 is 3.35. The SMILES string of the molecule is COc1ccc(OC)c(NC(N)=NCCCNC(=O)c2cccc(Br)c2)c1. The van der Waals surface area contributed by atoms with E-state index in [1.54, 1.807) is 44.6 Å². The number of guanidine groups is 1. The number of hydrogen-bond acceptors (Lipinski definition) is 4. The predicted molar refractivity (Wildman–Crippen MR) is 111 cm³/mol. The highest BCUT2D eigenvalue weighted by Crippen LogP contribution is 2.28. The van der Waals surface area contributed by atoms with E-state index in [9.17, 15) is 4.79 Å². The fourth-order valence-electron chi connectivity index (χ4n) is 2.30. The largest absolute Gasteiger partial charge is 0.497 e. The molecule has 0 atom stereocenters. The molecule has 0 fully saturated rings. The van der Waals surface area contributed by atoms with Crippen LogP contribution in [0.15, 0.2) is 51.9 Å². The normalized spacial score (nSPS) is 11.0. The molecule has 0 aliphatic heterocycles. The lowest BCUT2D eigenvalue weighted by Crippen LogP contribution is -2.26. The molecule has 0 bridgehead atoms. The van der Waals surface area contributed by atoms with Crippen LogP contribution >= 0.6 is 15.9 Å². The average molecular weight is 435 g/mol. The molecule has 0 aliphatic rings. The molecule has 0 heterocycles. The van der Waals surface area contributed by atoms with E-state index in [-0.39, 0.29) is 11.9 Å². The molecular formula is C19H23BrN4O3. The summed E-state index contributed by atoms with van der Waals surface area (Å²) in [6, 6.07) is 12.6. The maximum absolute atomic E-state index is 12.0. The van der Waals surface area contributed by atoms with Gasteiger partial charge < -0.3 is 25.8 Å². The summed E-state index contributed by atoms with van der Waals surface area (Å²) in [6.07, 6.45) is 0.664. The van der Waals surface area contributed by atoms with Crippen LogP contribution in [0.25, 0.3) is 0 Å². The van der Waals surface area contributed by atoms with Crippen LogP contribution in [0.2, 0.25) is 0 Å². The molecule has 27 heavy (non-hydrogen) atoms. The second kappa shape index (κ2) is 10.4. The van der Waals surface area contributed by atoms with E-state index in [4.69, 9.17) is 15.2 Å². The van der Waals surface area contributed by atoms with E-state index in [0.29, 0.717) is 42.3 Å². The van der Waals surface area contributed by atoms with Crippen molar-refractivity contribution in [3.8, 4) is 11.5 Å². The van der Waals surface area contributed by atoms with Gasteiger partial charge >= 0.3 is 0 Å². The molecule has 0 unspecified atom stereocenters. The van der Waals surface area contributed by atoms with Crippen molar-refractivity contribution in [2.75, 3.05) is 32.6 Å². The van der Waals surface area contributed by atoms with E-state index in [1.807, 2.05) is 12.1 Å². The summed E-state index contributed by atoms with van der Waals surface area (Å²) < 4.78 is 11.3. The van der Waals surface area contributed by atoms with Crippen LogP contribution in [0.5, 0.6) is 11.5 Å². The van der Waals surface area contributed by atoms with Crippen molar-refractivity contribution in [3.05, 3.63) is 52.5 Å². The number of nitrogens with zero attached hydrogens (tertiary/aromatic N) is 1. The number of rotatable bonds is 8. The van der Waals surface area contributed by atoms with E-state index in [0.717, 1.165) is 4.47 Å². The summed E-state index contributed by atoms with van der Waals surface area (Å²) in [5.74, 6) is 1.46. The van der Waals surface area contributed by atoms with Gasteiger partial charge in [-0.3, -0.25) is 9.79 Å². The zero-order valence-corrected chi connectivity index (χ0v) is 16.9. The summed E-state index contributed by atoms with van der Waals surface area (Å²) in [4.78, 5) is 16.3. The summed E-state index contributed by atoms with van der Waals surface area (Å²) in [6.45, 7) is 0.981. The number of ether oxygens (including phenoxy) is 2. The number of carbonyl (C=O) groups excluding carboxylic acids is 1. The zero-order valence-electron chi connectivity index (χ0n) is 15.3. The van der Waals surface area contributed by atoms with E-state index < -0.39 is 0 Å². The topological polar surface area (TPSA) is 98.0 Å². The van der Waals surface area contributed by atoms with Crippen LogP contribution < -0.4 is 25.8 Å². The highest BCUT2D eigenvalue weighted by atomic mass is 79.9. The lowest BCUT2D eigenvalue weighted by molar-refractivity contribution is 0.0953. The monoisotopic (exact) mass is 434 g/mol. The second-order valence-corrected chi connectivity index (χ2v) is 6.49. The number of amides is 1. The van der Waals surface area contributed by atoms with Crippen LogP contribution in [0.4, 0.5) is 5.69 Å². The molecule has 2 aromatic rings. The molecular weight excluding hydrogens is 412 g/mol. The number of nitrogens with one attached hydrogen (secondary N) is 2. The van der Waals surface area contributed by atoms with Crippen molar-refractivity contribution in [1.29, 1.82) is 0 Å². The maximum Gasteiger partial charge on any atom is 0.251 e. The number of nitrogens with two attached hydrogens (primary N) is 1. The smallest absolute Gasteiger partial charge is 0.251 e. The van der Waals surface area contributed by atoms with Crippen LogP contribution in [0, 0.1) is 0 Å². The third-order valence-corrected chi connectivity index (χ3v) is 4.15. The molecule has 8 heteroatoms. The number of aliphatic imine (C=N–C) groups is 1. The second-order valence-electron chi connectivity index (χ2n) is 5.58. The number of halogens is 1. The van der Waals surface area contributed by atoms with Crippen LogP contribution in [0.1, 0.15) is 16.8 Å². The van der Waals surface area contributed by atoms with Gasteiger partial charge in [-0.2, -0.15) is 0 Å². The lowest BCUT2D eigenvalue weighted by atomic mass is 10.2. The molecule has 0 spiro atoms. The summed E-state index contributed by atoms with van der Waals surface area (Å²) in [5.41, 5.74) is 7.20. The predicted octanol–water partition coefficient (Wildman–Crippen LogP) is 3.01. The Bertz CT molecular complexity index is 811. The molecule has 1 amide bonds. The third kappa shape index (κ3) is 6.49. The number of methoxy groups -OCH3 is 2. The van der Waals surface area contributed by atoms with Gasteiger partial charge in [0.25, 0.3) is 5.91 Å². The van der Waals surface area contributed by atoms with E-state index in [2.05, 4.69) is 31.6 Å². The number of anilines is 1. The Morgan fingerprint density at radius 1 is 1.19 bits per heavy atom. The Morgan fingerprint density at radius 3 is 2.70 bits per heavy atom. The first-order chi connectivity index (χ1) is 13.0. The van der Waals surface area contributed by atoms with Crippen LogP contribution in [-0.2, 0) is 0 Å². The third-order valence-electron chi connectivity index (χ3n) is 3.66. The minimum Gasteiger partial charge on any atom is -0.497 e. The zero-order chi connectivity index (χ0) is 19.6. The molecule has 2 aromatic carbocycles. The van der Waals surface area contributed by atoms with Gasteiger partial charge in [-0.25, -0.2) is 0 Å². The lowest BCUT2D eigenvalue weighted by Gasteiger charge is -2.12. The Morgan fingerprint density at radius 2 is 2.00 bits per heavy atom. The van der Waals surface area contributed by atoms with Gasteiger partial charge in [0.2, 0.25) is 0 Å². The molecule has 7 nitrogen and oxygen atoms in total. The number of hydrogen-bond donors (Lipinski definition) is 3. The van der Waals surface area contributed by atoms with Gasteiger partial charge in [0.05, 0.1) is 19.9 Å². The molecule has 0 saturated heterocycles. The highest BCUT2D eigenvalue weighted by Gasteiger charge is 2.06. The number of benzene rings is 2. The Hall–Kier alpha value is -2.74. The molecule has 4 N–H and O–H groups in total. The van der Waals surface area contributed by atoms with Crippen molar-refractivity contribution in [3.63, 3.8) is 0 Å². The van der Waals surface area contributed by atoms with Gasteiger partial charge in [-0.05, 0) is 36.8 Å². The molecule has 2 rings (SSSR count). The minimum absolute atomic E-state index is 0.118. The Labute approximate surface area is 167 Å². The van der Waals surface area contributed by atoms with Crippen molar-refractivity contribution in [2.45, 2.75) is 6.42 Å². The fraction of sp³-hybridized carbons (Fsp3) is 0.263. The quantitative estimate of drug-likeness (QED) is 0.337. The number of carbonyl (C=O) groups is 1. The maximum atomic E-state index is 12.0. The van der Waals surface area contributed by atoms with Gasteiger partial charge in [0, 0.05) is 29.2 Å². The van der Waals surface area contributed by atoms with Crippen molar-refractivity contribution in [1.82, 2.24) is 5.32 Å². The molecule has 0 aliphatic carbocycles. The molecule has 0 aromatic heterocycles. The van der Waals surface area contributed by atoms with Crippen LogP contribution in [0.3, 0.4) is 0 Å².